The first kappa shape index (κ1) is 13.7. The van der Waals surface area contributed by atoms with Crippen molar-refractivity contribution in [2.24, 2.45) is 0 Å². The van der Waals surface area contributed by atoms with E-state index in [1.165, 1.54) is 6.33 Å². The lowest BCUT2D eigenvalue weighted by Gasteiger charge is -2.25. The minimum atomic E-state index is -0.677. The Morgan fingerprint density at radius 2 is 2.11 bits per heavy atom. The Kier molecular flexibility index (Phi) is 4.05. The third-order valence-corrected chi connectivity index (χ3v) is 2.98. The fourth-order valence-electron chi connectivity index (χ4n) is 1.78. The van der Waals surface area contributed by atoms with E-state index in [1.54, 1.807) is 18.5 Å². The Morgan fingerprint density at radius 1 is 1.44 bits per heavy atom. The first-order chi connectivity index (χ1) is 8.51. The van der Waals surface area contributed by atoms with Gasteiger partial charge in [-0.2, -0.15) is 15.8 Å². The molecular formula is C12H14N6. The van der Waals surface area contributed by atoms with Gasteiger partial charge >= 0.3 is 0 Å². The minimum absolute atomic E-state index is 0.105. The average Bonchev–Trinajstić information content (AvgIpc) is 2.81. The fraction of sp³-hybridized carbons (Fsp3) is 0.500. The van der Waals surface area contributed by atoms with Gasteiger partial charge in [-0.15, -0.1) is 0 Å². The normalized spacial score (nSPS) is 14.9. The summed E-state index contributed by atoms with van der Waals surface area (Å²) < 4.78 is 1.63. The van der Waals surface area contributed by atoms with Crippen molar-refractivity contribution < 1.29 is 0 Å². The highest BCUT2D eigenvalue weighted by atomic mass is 15.1. The van der Waals surface area contributed by atoms with Crippen molar-refractivity contribution in [3.05, 3.63) is 17.7 Å². The van der Waals surface area contributed by atoms with Crippen molar-refractivity contribution in [2.45, 2.75) is 31.8 Å². The summed E-state index contributed by atoms with van der Waals surface area (Å²) >= 11 is 0. The number of nitrogens with one attached hydrogen (secondary N) is 1. The minimum Gasteiger partial charge on any atom is -0.318 e. The predicted octanol–water partition coefficient (Wildman–Crippen LogP) is 1.08. The molecule has 0 fully saturated rings. The van der Waals surface area contributed by atoms with E-state index in [9.17, 15) is 0 Å². The Balaban J connectivity index is 3.04. The molecule has 0 aliphatic heterocycles. The number of nitriles is 3. The predicted molar refractivity (Wildman–Crippen MR) is 64.1 cm³/mol. The van der Waals surface area contributed by atoms with Gasteiger partial charge in [0.1, 0.15) is 17.7 Å². The van der Waals surface area contributed by atoms with Gasteiger partial charge in [-0.3, -0.25) is 0 Å². The summed E-state index contributed by atoms with van der Waals surface area (Å²) in [5.41, 5.74) is -0.322. The van der Waals surface area contributed by atoms with Gasteiger partial charge in [-0.1, -0.05) is 0 Å². The number of rotatable bonds is 4. The number of nitrogens with zero attached hydrogens (tertiary/aromatic N) is 5. The number of hydrogen-bond acceptors (Lipinski definition) is 5. The monoisotopic (exact) mass is 242 g/mol. The van der Waals surface area contributed by atoms with Crippen molar-refractivity contribution in [1.82, 2.24) is 14.9 Å². The van der Waals surface area contributed by atoms with Gasteiger partial charge in [0, 0.05) is 6.04 Å². The molecule has 1 N–H and O–H groups in total. The molecule has 0 radical (unpaired) electrons. The summed E-state index contributed by atoms with van der Waals surface area (Å²) in [5.74, 6) is 0. The van der Waals surface area contributed by atoms with Crippen molar-refractivity contribution in [2.75, 3.05) is 7.05 Å². The summed E-state index contributed by atoms with van der Waals surface area (Å²) in [6, 6.07) is 5.94. The summed E-state index contributed by atoms with van der Waals surface area (Å²) in [5, 5.41) is 29.9. The van der Waals surface area contributed by atoms with Gasteiger partial charge in [0.2, 0.25) is 0 Å². The van der Waals surface area contributed by atoms with Gasteiger partial charge < -0.3 is 9.88 Å². The highest BCUT2D eigenvalue weighted by molar-refractivity contribution is 5.36. The van der Waals surface area contributed by atoms with Crippen LogP contribution in [0.3, 0.4) is 0 Å². The molecule has 1 aromatic heterocycles. The van der Waals surface area contributed by atoms with Gasteiger partial charge in [-0.25, -0.2) is 4.98 Å². The van der Waals surface area contributed by atoms with Gasteiger partial charge in [-0.05, 0) is 27.3 Å². The van der Waals surface area contributed by atoms with Crippen LogP contribution in [0.4, 0.5) is 0 Å². The smallest absolute Gasteiger partial charge is 0.176 e. The van der Waals surface area contributed by atoms with Crippen LogP contribution in [0.2, 0.25) is 0 Å². The zero-order valence-electron chi connectivity index (χ0n) is 10.6. The maximum atomic E-state index is 9.10. The molecule has 1 aromatic rings. The standard InChI is InChI=1S/C12H14N6/c1-9(4-12(2,7-15)16-3)18-8-17-10(5-13)11(18)6-14/h8-9,16H,4H2,1-3H3. The van der Waals surface area contributed by atoms with Crippen LogP contribution in [-0.2, 0) is 0 Å². The quantitative estimate of drug-likeness (QED) is 0.851. The van der Waals surface area contributed by atoms with Crippen LogP contribution in [0.25, 0.3) is 0 Å². The van der Waals surface area contributed by atoms with E-state index in [2.05, 4.69) is 16.4 Å². The molecule has 2 atom stereocenters. The van der Waals surface area contributed by atoms with E-state index in [1.807, 2.05) is 19.1 Å². The van der Waals surface area contributed by atoms with Gasteiger partial charge in [0.05, 0.1) is 12.4 Å². The molecule has 0 amide bonds. The van der Waals surface area contributed by atoms with E-state index < -0.39 is 5.54 Å². The molecule has 0 aliphatic carbocycles. The zero-order chi connectivity index (χ0) is 13.8. The second-order valence-electron chi connectivity index (χ2n) is 4.32. The molecular weight excluding hydrogens is 228 g/mol. The second kappa shape index (κ2) is 5.31. The SMILES string of the molecule is CNC(C)(C#N)CC(C)n1cnc(C#N)c1C#N. The van der Waals surface area contributed by atoms with E-state index in [0.29, 0.717) is 6.42 Å². The maximum Gasteiger partial charge on any atom is 0.176 e. The molecule has 0 saturated carbocycles. The number of aromatic nitrogens is 2. The Hall–Kier alpha value is -2.36. The van der Waals surface area contributed by atoms with Crippen molar-refractivity contribution >= 4 is 0 Å². The molecule has 6 heteroatoms. The molecule has 6 nitrogen and oxygen atoms in total. The third kappa shape index (κ3) is 2.48. The first-order valence-corrected chi connectivity index (χ1v) is 5.48. The summed E-state index contributed by atoms with van der Waals surface area (Å²) in [4.78, 5) is 3.88. The van der Waals surface area contributed by atoms with Crippen LogP contribution in [0.15, 0.2) is 6.33 Å². The van der Waals surface area contributed by atoms with Gasteiger partial charge in [0.15, 0.2) is 11.4 Å². The van der Waals surface area contributed by atoms with E-state index in [0.717, 1.165) is 0 Å². The van der Waals surface area contributed by atoms with Crippen LogP contribution >= 0.6 is 0 Å². The summed E-state index contributed by atoms with van der Waals surface area (Å²) in [6.45, 7) is 3.67. The number of imidazole rings is 1. The molecule has 0 bridgehead atoms. The zero-order valence-corrected chi connectivity index (χ0v) is 10.6. The van der Waals surface area contributed by atoms with E-state index >= 15 is 0 Å². The van der Waals surface area contributed by atoms with Gasteiger partial charge in [0.25, 0.3) is 0 Å². The van der Waals surface area contributed by atoms with Crippen molar-refractivity contribution in [1.29, 1.82) is 15.8 Å². The molecule has 0 saturated heterocycles. The Morgan fingerprint density at radius 3 is 2.56 bits per heavy atom. The third-order valence-electron chi connectivity index (χ3n) is 2.98. The topological polar surface area (TPSA) is 101 Å². The van der Waals surface area contributed by atoms with Crippen LogP contribution in [0, 0.1) is 34.0 Å². The van der Waals surface area contributed by atoms with Crippen LogP contribution in [0.5, 0.6) is 0 Å². The lowest BCUT2D eigenvalue weighted by atomic mass is 9.95. The molecule has 2 unspecified atom stereocenters. The average molecular weight is 242 g/mol. The second-order valence-corrected chi connectivity index (χ2v) is 4.32. The van der Waals surface area contributed by atoms with Crippen LogP contribution in [-0.4, -0.2) is 22.1 Å². The lowest BCUT2D eigenvalue weighted by Crippen LogP contribution is -2.40. The molecule has 0 aliphatic rings. The van der Waals surface area contributed by atoms with Crippen LogP contribution in [0.1, 0.15) is 37.7 Å². The molecule has 0 spiro atoms. The summed E-state index contributed by atoms with van der Waals surface area (Å²) in [7, 11) is 1.72. The summed E-state index contributed by atoms with van der Waals surface area (Å²) in [6.07, 6.45) is 1.98. The van der Waals surface area contributed by atoms with Crippen molar-refractivity contribution in [3.8, 4) is 18.2 Å². The molecule has 1 rings (SSSR count). The molecule has 92 valence electrons. The first-order valence-electron chi connectivity index (χ1n) is 5.48. The Labute approximate surface area is 106 Å². The molecule has 18 heavy (non-hydrogen) atoms. The maximum absolute atomic E-state index is 9.10. The number of hydrogen-bond donors (Lipinski definition) is 1. The largest absolute Gasteiger partial charge is 0.318 e. The highest BCUT2D eigenvalue weighted by Crippen LogP contribution is 2.22. The lowest BCUT2D eigenvalue weighted by molar-refractivity contribution is 0.366. The van der Waals surface area contributed by atoms with E-state index in [-0.39, 0.29) is 17.4 Å². The van der Waals surface area contributed by atoms with Crippen molar-refractivity contribution in [3.63, 3.8) is 0 Å². The fourth-order valence-corrected chi connectivity index (χ4v) is 1.78. The highest BCUT2D eigenvalue weighted by Gasteiger charge is 2.26. The molecule has 0 aromatic carbocycles. The molecule has 1 heterocycles. The van der Waals surface area contributed by atoms with E-state index in [4.69, 9.17) is 15.8 Å². The van der Waals surface area contributed by atoms with Crippen LogP contribution < -0.4 is 5.32 Å². The Bertz CT molecular complexity index is 553.